The third-order valence-corrected chi connectivity index (χ3v) is 16.1. The van der Waals surface area contributed by atoms with Crippen LogP contribution in [0.4, 0.5) is 0 Å². The minimum Gasteiger partial charge on any atom is -0.463 e. The average molecular weight is 711 g/mol. The molecule has 218 valence electrons. The van der Waals surface area contributed by atoms with E-state index in [9.17, 15) is 18.6 Å². The van der Waals surface area contributed by atoms with Crippen LogP contribution in [0.1, 0.15) is 0 Å². The van der Waals surface area contributed by atoms with E-state index in [4.69, 9.17) is 19.7 Å². The van der Waals surface area contributed by atoms with Crippen LogP contribution in [-0.4, -0.2) is 122 Å². The van der Waals surface area contributed by atoms with Crippen molar-refractivity contribution in [1.29, 1.82) is 0 Å². The van der Waals surface area contributed by atoms with Crippen molar-refractivity contribution in [2.45, 2.75) is 0 Å². The quantitative estimate of drug-likeness (QED) is 0.0731. The van der Waals surface area contributed by atoms with E-state index >= 15 is 0 Å². The molecule has 0 bridgehead atoms. The van der Waals surface area contributed by atoms with E-state index in [1.807, 2.05) is 0 Å². The zero-order valence-corrected chi connectivity index (χ0v) is 28.4. The van der Waals surface area contributed by atoms with E-state index < -0.39 is 10.8 Å². The fourth-order valence-corrected chi connectivity index (χ4v) is 13.6. The van der Waals surface area contributed by atoms with E-state index in [2.05, 4.69) is 0 Å². The first-order valence-corrected chi connectivity index (χ1v) is 22.4. The molecule has 1 unspecified atom stereocenters. The highest BCUT2D eigenvalue weighted by molar-refractivity contribution is 8.29. The molecule has 0 aromatic rings. The van der Waals surface area contributed by atoms with Gasteiger partial charge in [0.2, 0.25) is 0 Å². The second-order valence-corrected chi connectivity index (χ2v) is 19.3. The van der Waals surface area contributed by atoms with Gasteiger partial charge in [-0.3, -0.25) is 18.6 Å². The highest BCUT2D eigenvalue weighted by Gasteiger charge is 2.06. The Morgan fingerprint density at radius 2 is 1.11 bits per heavy atom. The van der Waals surface area contributed by atoms with Crippen LogP contribution >= 0.6 is 106 Å². The van der Waals surface area contributed by atoms with Gasteiger partial charge < -0.3 is 19.7 Å². The first-order chi connectivity index (χ1) is 18.0. The van der Waals surface area contributed by atoms with Gasteiger partial charge in [0.1, 0.15) is 13.2 Å². The number of aliphatic hydroxyl groups is 2. The molecule has 0 aromatic heterocycles. The molecule has 0 rings (SSSR count). The lowest BCUT2D eigenvalue weighted by Gasteiger charge is -2.05. The summed E-state index contributed by atoms with van der Waals surface area (Å²) in [5.41, 5.74) is 0. The predicted molar refractivity (Wildman–Crippen MR) is 176 cm³/mol. The topological polar surface area (TPSA) is 127 Å². The third kappa shape index (κ3) is 30.6. The first-order valence-electron chi connectivity index (χ1n) is 10.6. The van der Waals surface area contributed by atoms with Crippen molar-refractivity contribution in [3.63, 3.8) is 0 Å². The van der Waals surface area contributed by atoms with E-state index in [-0.39, 0.29) is 55.0 Å². The number of carbonyl (C=O) groups is 3. The van der Waals surface area contributed by atoms with Crippen LogP contribution in [0.5, 0.6) is 0 Å². The predicted octanol–water partition coefficient (Wildman–Crippen LogP) is 3.63. The molecule has 1 atom stereocenters. The lowest BCUT2D eigenvalue weighted by atomic mass is 10.7. The third-order valence-electron chi connectivity index (χ3n) is 3.18. The molecule has 0 aliphatic heterocycles. The van der Waals surface area contributed by atoms with Crippen molar-refractivity contribution in [3.8, 4) is 0 Å². The fraction of sp³-hybridized carbons (Fsp3) is 0.842. The molecule has 0 spiro atoms. The van der Waals surface area contributed by atoms with Gasteiger partial charge in [0, 0.05) is 52.8 Å². The number of carbonyl (C=O) groups excluding carboxylic acids is 3. The van der Waals surface area contributed by atoms with Crippen molar-refractivity contribution in [2.24, 2.45) is 0 Å². The Bertz CT molecular complexity index is 617. The SMILES string of the molecule is O=C(CSCSCSCCS(=O)CSCSCSC(=O)CSCSCSCC(=O)OCCO)OCCO. The van der Waals surface area contributed by atoms with Crippen LogP contribution in [0.25, 0.3) is 0 Å². The van der Waals surface area contributed by atoms with Crippen LogP contribution in [0.15, 0.2) is 0 Å². The number of ether oxygens (including phenoxy) is 2. The maximum atomic E-state index is 12.1. The zero-order valence-electron chi connectivity index (χ0n) is 20.2. The molecule has 0 saturated heterocycles. The monoisotopic (exact) mass is 710 g/mol. The second-order valence-electron chi connectivity index (χ2n) is 6.14. The summed E-state index contributed by atoms with van der Waals surface area (Å²) in [7, 11) is -0.849. The lowest BCUT2D eigenvalue weighted by molar-refractivity contribution is -0.142. The normalized spacial score (nSPS) is 11.8. The van der Waals surface area contributed by atoms with E-state index in [0.29, 0.717) is 21.7 Å². The number of aliphatic hydroxyl groups excluding tert-OH is 2. The molecular formula is C19H34O8S10. The van der Waals surface area contributed by atoms with Crippen LogP contribution in [0.3, 0.4) is 0 Å². The molecule has 0 radical (unpaired) electrons. The Morgan fingerprint density at radius 1 is 0.622 bits per heavy atom. The van der Waals surface area contributed by atoms with Gasteiger partial charge in [0.15, 0.2) is 5.12 Å². The smallest absolute Gasteiger partial charge is 0.316 e. The second kappa shape index (κ2) is 30.8. The fourth-order valence-electron chi connectivity index (χ4n) is 1.72. The summed E-state index contributed by atoms with van der Waals surface area (Å²) in [5.74, 6) is 1.89. The van der Waals surface area contributed by atoms with Crippen LogP contribution < -0.4 is 0 Å². The van der Waals surface area contributed by atoms with E-state index in [1.165, 1.54) is 35.3 Å². The molecule has 0 aliphatic carbocycles. The molecule has 18 heteroatoms. The summed E-state index contributed by atoms with van der Waals surface area (Å²) in [6.45, 7) is -0.230. The number of rotatable bonds is 27. The molecule has 0 saturated carbocycles. The van der Waals surface area contributed by atoms with Crippen molar-refractivity contribution in [3.05, 3.63) is 0 Å². The zero-order chi connectivity index (χ0) is 27.4. The van der Waals surface area contributed by atoms with Gasteiger partial charge in [-0.2, -0.15) is 11.8 Å². The maximum absolute atomic E-state index is 12.1. The maximum Gasteiger partial charge on any atom is 0.316 e. The highest BCUT2D eigenvalue weighted by atomic mass is 32.3. The van der Waals surface area contributed by atoms with Crippen LogP contribution in [0.2, 0.25) is 0 Å². The minimum atomic E-state index is -0.849. The van der Waals surface area contributed by atoms with Gasteiger partial charge in [-0.05, 0) is 0 Å². The first kappa shape index (κ1) is 38.8. The lowest BCUT2D eigenvalue weighted by Crippen LogP contribution is -2.10. The minimum absolute atomic E-state index is 0.0378. The largest absolute Gasteiger partial charge is 0.463 e. The Hall–Kier alpha value is 1.83. The number of esters is 2. The van der Waals surface area contributed by atoms with Gasteiger partial charge in [0.25, 0.3) is 0 Å². The van der Waals surface area contributed by atoms with Crippen molar-refractivity contribution in [2.75, 3.05) is 90.8 Å². The van der Waals surface area contributed by atoms with E-state index in [1.54, 1.807) is 70.6 Å². The Morgan fingerprint density at radius 3 is 1.68 bits per heavy atom. The van der Waals surface area contributed by atoms with E-state index in [0.717, 1.165) is 31.2 Å². The summed E-state index contributed by atoms with van der Waals surface area (Å²) in [4.78, 5) is 34.4. The molecule has 0 aromatic carbocycles. The van der Waals surface area contributed by atoms with Gasteiger partial charge in [-0.1, -0.05) is 11.8 Å². The highest BCUT2D eigenvalue weighted by Crippen LogP contribution is 2.23. The summed E-state index contributed by atoms with van der Waals surface area (Å²) >= 11 is 14.3. The molecule has 8 nitrogen and oxygen atoms in total. The van der Waals surface area contributed by atoms with Crippen LogP contribution in [0, 0.1) is 0 Å². The number of hydrogen-bond acceptors (Lipinski definition) is 17. The Balaban J connectivity index is 3.37. The molecule has 37 heavy (non-hydrogen) atoms. The summed E-state index contributed by atoms with van der Waals surface area (Å²) in [5, 5.41) is 22.6. The Labute approximate surface area is 260 Å². The van der Waals surface area contributed by atoms with Crippen molar-refractivity contribution < 1.29 is 38.3 Å². The van der Waals surface area contributed by atoms with Gasteiger partial charge >= 0.3 is 11.9 Å². The van der Waals surface area contributed by atoms with Crippen LogP contribution in [-0.2, 0) is 34.7 Å². The number of hydrogen-bond donors (Lipinski definition) is 2. The summed E-state index contributed by atoms with van der Waals surface area (Å²) in [6, 6.07) is 0. The molecular weight excluding hydrogens is 677 g/mol. The average Bonchev–Trinajstić information content (AvgIpc) is 2.89. The van der Waals surface area contributed by atoms with Gasteiger partial charge in [-0.15, -0.1) is 82.3 Å². The summed E-state index contributed by atoms with van der Waals surface area (Å²) in [6.07, 6.45) is 0. The molecule has 2 N–H and O–H groups in total. The standard InChI is InChI=1S/C19H34O8S10/c20-1-3-26-17(22)7-29-11-32-10-28-5-6-37(25)16-35-14-34-15-36-19(24)9-31-13-33-12-30-8-18(23)27-4-2-21/h20-21H,1-16H2. The van der Waals surface area contributed by atoms with Gasteiger partial charge in [0.05, 0.1) is 35.6 Å². The van der Waals surface area contributed by atoms with Crippen molar-refractivity contribution >= 4 is 134 Å². The summed E-state index contributed by atoms with van der Waals surface area (Å²) < 4.78 is 21.6. The Kier molecular flexibility index (Phi) is 32.3. The van der Waals surface area contributed by atoms with Gasteiger partial charge in [-0.25, -0.2) is 0 Å². The van der Waals surface area contributed by atoms with Crippen molar-refractivity contribution in [1.82, 2.24) is 0 Å². The molecule has 0 aliphatic rings. The molecule has 0 fully saturated rings. The molecule has 0 amide bonds. The number of thioether (sulfide) groups is 9. The molecule has 0 heterocycles.